The molecule has 0 spiro atoms. The highest BCUT2D eigenvalue weighted by molar-refractivity contribution is 6.09. The molecule has 1 heterocycles. The SMILES string of the molecule is CCn1c2ccccc2c2cc(/C=N\NC(=O)c3cccc(NC(C)=O)c3)ccc21. The van der Waals surface area contributed by atoms with E-state index < -0.39 is 0 Å². The summed E-state index contributed by atoms with van der Waals surface area (Å²) >= 11 is 0. The number of hydrogen-bond acceptors (Lipinski definition) is 3. The van der Waals surface area contributed by atoms with Crippen LogP contribution < -0.4 is 10.7 Å². The maximum absolute atomic E-state index is 12.4. The highest BCUT2D eigenvalue weighted by Crippen LogP contribution is 2.29. The van der Waals surface area contributed by atoms with Crippen LogP contribution in [0.5, 0.6) is 0 Å². The Morgan fingerprint density at radius 3 is 2.57 bits per heavy atom. The quantitative estimate of drug-likeness (QED) is 0.383. The Kier molecular flexibility index (Phi) is 5.30. The van der Waals surface area contributed by atoms with Gasteiger partial charge in [-0.25, -0.2) is 5.43 Å². The first-order valence-electron chi connectivity index (χ1n) is 9.79. The summed E-state index contributed by atoms with van der Waals surface area (Å²) < 4.78 is 2.29. The number of fused-ring (bicyclic) bond motifs is 3. The molecule has 0 aliphatic rings. The Labute approximate surface area is 174 Å². The molecule has 4 rings (SSSR count). The van der Waals surface area contributed by atoms with Crippen molar-refractivity contribution in [2.24, 2.45) is 5.10 Å². The van der Waals surface area contributed by atoms with E-state index in [4.69, 9.17) is 0 Å². The molecule has 0 unspecified atom stereocenters. The molecule has 0 aliphatic carbocycles. The Bertz CT molecular complexity index is 1290. The third-order valence-electron chi connectivity index (χ3n) is 4.94. The Hall–Kier alpha value is -3.93. The number of carbonyl (C=O) groups is 2. The molecule has 0 aliphatic heterocycles. The second kappa shape index (κ2) is 8.21. The Morgan fingerprint density at radius 1 is 0.967 bits per heavy atom. The van der Waals surface area contributed by atoms with Crippen LogP contribution in [0.1, 0.15) is 29.8 Å². The molecule has 0 radical (unpaired) electrons. The van der Waals surface area contributed by atoms with Crippen LogP contribution >= 0.6 is 0 Å². The summed E-state index contributed by atoms with van der Waals surface area (Å²) in [6.45, 7) is 4.45. The van der Waals surface area contributed by atoms with Crippen molar-refractivity contribution in [3.05, 3.63) is 77.9 Å². The zero-order valence-electron chi connectivity index (χ0n) is 16.8. The van der Waals surface area contributed by atoms with Gasteiger partial charge in [0.15, 0.2) is 0 Å². The monoisotopic (exact) mass is 398 g/mol. The van der Waals surface area contributed by atoms with Crippen molar-refractivity contribution in [1.29, 1.82) is 0 Å². The van der Waals surface area contributed by atoms with Gasteiger partial charge in [-0.15, -0.1) is 0 Å². The van der Waals surface area contributed by atoms with E-state index >= 15 is 0 Å². The standard InChI is InChI=1S/C24H22N4O2/c1-3-28-22-10-5-4-9-20(22)21-13-17(11-12-23(21)28)15-25-27-24(30)18-7-6-8-19(14-18)26-16(2)29/h4-15H,3H2,1-2H3,(H,26,29)(H,27,30)/b25-15-. The van der Waals surface area contributed by atoms with E-state index in [2.05, 4.69) is 51.6 Å². The molecule has 150 valence electrons. The summed E-state index contributed by atoms with van der Waals surface area (Å²) in [5, 5.41) is 9.12. The number of hydrazone groups is 1. The lowest BCUT2D eigenvalue weighted by molar-refractivity contribution is -0.114. The van der Waals surface area contributed by atoms with Gasteiger partial charge in [0.1, 0.15) is 0 Å². The zero-order chi connectivity index (χ0) is 21.1. The molecule has 0 saturated carbocycles. The van der Waals surface area contributed by atoms with Crippen LogP contribution in [-0.4, -0.2) is 22.6 Å². The van der Waals surface area contributed by atoms with Crippen molar-refractivity contribution in [3.8, 4) is 0 Å². The zero-order valence-corrected chi connectivity index (χ0v) is 16.8. The number of nitrogens with zero attached hydrogens (tertiary/aromatic N) is 2. The van der Waals surface area contributed by atoms with Crippen LogP contribution in [0.4, 0.5) is 5.69 Å². The predicted molar refractivity (Wildman–Crippen MR) is 121 cm³/mol. The average molecular weight is 398 g/mol. The fourth-order valence-electron chi connectivity index (χ4n) is 3.66. The number of amides is 2. The van der Waals surface area contributed by atoms with Crippen LogP contribution in [0, 0.1) is 0 Å². The van der Waals surface area contributed by atoms with Gasteiger partial charge in [0.2, 0.25) is 5.91 Å². The molecule has 1 aromatic heterocycles. The molecule has 0 bridgehead atoms. The third kappa shape index (κ3) is 3.80. The number of aryl methyl sites for hydroxylation is 1. The van der Waals surface area contributed by atoms with Gasteiger partial charge in [-0.05, 0) is 48.9 Å². The summed E-state index contributed by atoms with van der Waals surface area (Å²) in [6.07, 6.45) is 1.63. The predicted octanol–water partition coefficient (Wildman–Crippen LogP) is 4.54. The van der Waals surface area contributed by atoms with Crippen LogP contribution in [0.3, 0.4) is 0 Å². The lowest BCUT2D eigenvalue weighted by Gasteiger charge is -2.05. The summed E-state index contributed by atoms with van der Waals surface area (Å²) in [6, 6.07) is 21.2. The van der Waals surface area contributed by atoms with Crippen molar-refractivity contribution in [2.75, 3.05) is 5.32 Å². The number of carbonyl (C=O) groups excluding carboxylic acids is 2. The van der Waals surface area contributed by atoms with Gasteiger partial charge < -0.3 is 9.88 Å². The summed E-state index contributed by atoms with van der Waals surface area (Å²) in [5.41, 5.74) is 6.80. The van der Waals surface area contributed by atoms with Crippen LogP contribution in [-0.2, 0) is 11.3 Å². The fraction of sp³-hybridized carbons (Fsp3) is 0.125. The van der Waals surface area contributed by atoms with E-state index in [0.717, 1.165) is 17.5 Å². The largest absolute Gasteiger partial charge is 0.341 e. The maximum Gasteiger partial charge on any atom is 0.271 e. The van der Waals surface area contributed by atoms with Crippen molar-refractivity contribution in [2.45, 2.75) is 20.4 Å². The van der Waals surface area contributed by atoms with Crippen LogP contribution in [0.25, 0.3) is 21.8 Å². The number of aromatic nitrogens is 1. The molecule has 30 heavy (non-hydrogen) atoms. The van der Waals surface area contributed by atoms with Gasteiger partial charge in [-0.2, -0.15) is 5.10 Å². The average Bonchev–Trinajstić information content (AvgIpc) is 3.06. The smallest absolute Gasteiger partial charge is 0.271 e. The third-order valence-corrected chi connectivity index (χ3v) is 4.94. The van der Waals surface area contributed by atoms with Gasteiger partial charge in [-0.1, -0.05) is 30.3 Å². The Morgan fingerprint density at radius 2 is 1.77 bits per heavy atom. The highest BCUT2D eigenvalue weighted by Gasteiger charge is 2.09. The lowest BCUT2D eigenvalue weighted by atomic mass is 10.1. The van der Waals surface area contributed by atoms with E-state index in [9.17, 15) is 9.59 Å². The first kappa shape index (κ1) is 19.4. The minimum Gasteiger partial charge on any atom is -0.341 e. The van der Waals surface area contributed by atoms with E-state index in [0.29, 0.717) is 11.3 Å². The van der Waals surface area contributed by atoms with Crippen molar-refractivity contribution in [3.63, 3.8) is 0 Å². The molecule has 0 saturated heterocycles. The van der Waals surface area contributed by atoms with E-state index in [1.807, 2.05) is 18.2 Å². The van der Waals surface area contributed by atoms with Crippen molar-refractivity contribution < 1.29 is 9.59 Å². The molecule has 6 nitrogen and oxygen atoms in total. The van der Waals surface area contributed by atoms with Gasteiger partial charge in [0, 0.05) is 46.5 Å². The molecule has 0 fully saturated rings. The lowest BCUT2D eigenvalue weighted by Crippen LogP contribution is -2.18. The first-order chi connectivity index (χ1) is 14.6. The summed E-state index contributed by atoms with van der Waals surface area (Å²) in [4.78, 5) is 23.5. The highest BCUT2D eigenvalue weighted by atomic mass is 16.2. The second-order valence-electron chi connectivity index (χ2n) is 7.00. The van der Waals surface area contributed by atoms with Gasteiger partial charge in [0.25, 0.3) is 5.91 Å². The number of para-hydroxylation sites is 1. The normalized spacial score (nSPS) is 11.3. The number of rotatable bonds is 5. The molecule has 6 heteroatoms. The molecule has 4 aromatic rings. The number of nitrogens with one attached hydrogen (secondary N) is 2. The molecule has 3 aromatic carbocycles. The van der Waals surface area contributed by atoms with Crippen molar-refractivity contribution >= 4 is 45.5 Å². The first-order valence-corrected chi connectivity index (χ1v) is 9.79. The van der Waals surface area contributed by atoms with Crippen LogP contribution in [0.15, 0.2) is 71.8 Å². The molecular weight excluding hydrogens is 376 g/mol. The summed E-state index contributed by atoms with van der Waals surface area (Å²) in [5.74, 6) is -0.535. The molecule has 0 atom stereocenters. The molecule has 2 amide bonds. The van der Waals surface area contributed by atoms with Crippen molar-refractivity contribution in [1.82, 2.24) is 9.99 Å². The van der Waals surface area contributed by atoms with Gasteiger partial charge in [-0.3, -0.25) is 9.59 Å². The second-order valence-corrected chi connectivity index (χ2v) is 7.00. The van der Waals surface area contributed by atoms with Crippen LogP contribution in [0.2, 0.25) is 0 Å². The number of benzene rings is 3. The maximum atomic E-state index is 12.4. The molecular formula is C24H22N4O2. The van der Waals surface area contributed by atoms with E-state index in [1.54, 1.807) is 30.5 Å². The summed E-state index contributed by atoms with van der Waals surface area (Å²) in [7, 11) is 0. The van der Waals surface area contributed by atoms with Gasteiger partial charge in [0.05, 0.1) is 6.21 Å². The minimum absolute atomic E-state index is 0.189. The van der Waals surface area contributed by atoms with E-state index in [-0.39, 0.29) is 11.8 Å². The minimum atomic E-state index is -0.345. The number of anilines is 1. The molecule has 2 N–H and O–H groups in total. The van der Waals surface area contributed by atoms with E-state index in [1.165, 1.54) is 23.3 Å². The number of hydrogen-bond donors (Lipinski definition) is 2. The van der Waals surface area contributed by atoms with Gasteiger partial charge >= 0.3 is 0 Å². The fourth-order valence-corrected chi connectivity index (χ4v) is 3.66. The Balaban J connectivity index is 1.55. The topological polar surface area (TPSA) is 75.5 Å².